The van der Waals surface area contributed by atoms with E-state index in [2.05, 4.69) is 0 Å². The molecule has 2 aromatic carbocycles. The third-order valence-electron chi connectivity index (χ3n) is 4.24. The fraction of sp³-hybridized carbons (Fsp3) is 0.250. The van der Waals surface area contributed by atoms with Crippen LogP contribution in [0.1, 0.15) is 16.1 Å². The molecule has 1 heterocycles. The highest BCUT2D eigenvalue weighted by Gasteiger charge is 2.21. The molecule has 1 amide bonds. The number of carbonyl (C=O) groups excluding carboxylic acids is 1. The number of para-hydroxylation sites is 1. The molecule has 0 bridgehead atoms. The first-order valence-corrected chi connectivity index (χ1v) is 8.38. The van der Waals surface area contributed by atoms with Crippen molar-refractivity contribution < 1.29 is 15.0 Å². The van der Waals surface area contributed by atoms with Gasteiger partial charge in [-0.25, -0.2) is 0 Å². The Kier molecular flexibility index (Phi) is 5.48. The lowest BCUT2D eigenvalue weighted by Crippen LogP contribution is -2.37. The highest BCUT2D eigenvalue weighted by Crippen LogP contribution is 2.22. The van der Waals surface area contributed by atoms with E-state index in [1.165, 1.54) is 4.90 Å². The molecule has 3 rings (SSSR count). The smallest absolute Gasteiger partial charge is 0.270 e. The zero-order valence-corrected chi connectivity index (χ0v) is 14.0. The maximum Gasteiger partial charge on any atom is 0.270 e. The van der Waals surface area contributed by atoms with Gasteiger partial charge in [0.2, 0.25) is 0 Å². The van der Waals surface area contributed by atoms with Gasteiger partial charge in [-0.15, -0.1) is 0 Å². The van der Waals surface area contributed by atoms with E-state index >= 15 is 0 Å². The number of aliphatic hydroxyl groups excluding tert-OH is 2. The summed E-state index contributed by atoms with van der Waals surface area (Å²) < 4.78 is 1.99. The van der Waals surface area contributed by atoms with E-state index < -0.39 is 0 Å². The number of nitrogens with zero attached hydrogens (tertiary/aromatic N) is 2. The van der Waals surface area contributed by atoms with Gasteiger partial charge in [0.25, 0.3) is 5.91 Å². The molecule has 0 unspecified atom stereocenters. The molecule has 0 aliphatic carbocycles. The molecule has 3 aromatic rings. The van der Waals surface area contributed by atoms with Gasteiger partial charge < -0.3 is 19.7 Å². The Bertz CT molecular complexity index is 837. The molecule has 2 N–H and O–H groups in total. The Hall–Kier alpha value is -2.63. The zero-order chi connectivity index (χ0) is 17.6. The molecule has 5 heteroatoms. The first kappa shape index (κ1) is 17.2. The first-order valence-electron chi connectivity index (χ1n) is 8.38. The Morgan fingerprint density at radius 2 is 1.56 bits per heavy atom. The number of amides is 1. The molecule has 0 saturated heterocycles. The van der Waals surface area contributed by atoms with Gasteiger partial charge in [0.1, 0.15) is 5.69 Å². The van der Waals surface area contributed by atoms with Crippen molar-refractivity contribution in [2.75, 3.05) is 26.3 Å². The Morgan fingerprint density at radius 1 is 0.920 bits per heavy atom. The van der Waals surface area contributed by atoms with Gasteiger partial charge in [-0.2, -0.15) is 0 Å². The quantitative estimate of drug-likeness (QED) is 0.693. The van der Waals surface area contributed by atoms with Crippen molar-refractivity contribution in [3.05, 3.63) is 71.9 Å². The second kappa shape index (κ2) is 7.96. The van der Waals surface area contributed by atoms with Crippen LogP contribution >= 0.6 is 0 Å². The van der Waals surface area contributed by atoms with Gasteiger partial charge in [-0.3, -0.25) is 4.79 Å². The lowest BCUT2D eigenvalue weighted by Gasteiger charge is -2.21. The average molecular weight is 338 g/mol. The molecule has 0 spiro atoms. The van der Waals surface area contributed by atoms with E-state index in [0.29, 0.717) is 12.2 Å². The number of carbonyl (C=O) groups is 1. The van der Waals surface area contributed by atoms with Crippen LogP contribution < -0.4 is 0 Å². The van der Waals surface area contributed by atoms with Crippen molar-refractivity contribution >= 4 is 16.8 Å². The summed E-state index contributed by atoms with van der Waals surface area (Å²) in [7, 11) is 0. The SMILES string of the molecule is O=C(c1cc2ccccc2n1Cc1ccccc1)N(CCO)CCO. The molecular formula is C20H22N2O3. The number of aliphatic hydroxyl groups is 2. The third kappa shape index (κ3) is 3.73. The Labute approximate surface area is 146 Å². The van der Waals surface area contributed by atoms with Crippen LogP contribution in [0.25, 0.3) is 10.9 Å². The minimum atomic E-state index is -0.185. The molecule has 0 fully saturated rings. The Morgan fingerprint density at radius 3 is 2.24 bits per heavy atom. The van der Waals surface area contributed by atoms with Crippen molar-refractivity contribution in [2.24, 2.45) is 0 Å². The largest absolute Gasteiger partial charge is 0.395 e. The summed E-state index contributed by atoms with van der Waals surface area (Å²) >= 11 is 0. The second-order valence-electron chi connectivity index (χ2n) is 5.90. The summed E-state index contributed by atoms with van der Waals surface area (Å²) in [5.41, 5.74) is 2.66. The molecule has 0 atom stereocenters. The van der Waals surface area contributed by atoms with E-state index in [1.54, 1.807) is 0 Å². The minimum absolute atomic E-state index is 0.134. The third-order valence-corrected chi connectivity index (χ3v) is 4.24. The van der Waals surface area contributed by atoms with Gasteiger partial charge in [-0.05, 0) is 17.7 Å². The van der Waals surface area contributed by atoms with E-state index in [4.69, 9.17) is 0 Å². The fourth-order valence-corrected chi connectivity index (χ4v) is 3.04. The van der Waals surface area contributed by atoms with Crippen molar-refractivity contribution in [3.8, 4) is 0 Å². The topological polar surface area (TPSA) is 65.7 Å². The molecule has 0 aliphatic rings. The zero-order valence-electron chi connectivity index (χ0n) is 14.0. The van der Waals surface area contributed by atoms with Crippen LogP contribution in [-0.2, 0) is 6.54 Å². The van der Waals surface area contributed by atoms with Gasteiger partial charge in [0, 0.05) is 30.5 Å². The van der Waals surface area contributed by atoms with Crippen molar-refractivity contribution in [3.63, 3.8) is 0 Å². The molecule has 0 aliphatic heterocycles. The monoisotopic (exact) mass is 338 g/mol. The number of benzene rings is 2. The minimum Gasteiger partial charge on any atom is -0.395 e. The van der Waals surface area contributed by atoms with Crippen LogP contribution in [0.4, 0.5) is 0 Å². The van der Waals surface area contributed by atoms with E-state index in [0.717, 1.165) is 16.5 Å². The fourth-order valence-electron chi connectivity index (χ4n) is 3.04. The first-order chi connectivity index (χ1) is 12.2. The van der Waals surface area contributed by atoms with Crippen molar-refractivity contribution in [1.82, 2.24) is 9.47 Å². The van der Waals surface area contributed by atoms with Crippen LogP contribution in [0.15, 0.2) is 60.7 Å². The maximum atomic E-state index is 13.0. The number of hydrogen-bond acceptors (Lipinski definition) is 3. The van der Waals surface area contributed by atoms with Gasteiger partial charge >= 0.3 is 0 Å². The van der Waals surface area contributed by atoms with Crippen LogP contribution in [0.3, 0.4) is 0 Å². The highest BCUT2D eigenvalue weighted by molar-refractivity contribution is 5.98. The predicted octanol–water partition coefficient (Wildman–Crippen LogP) is 2.12. The number of aromatic nitrogens is 1. The number of hydrogen-bond donors (Lipinski definition) is 2. The molecule has 130 valence electrons. The van der Waals surface area contributed by atoms with Crippen molar-refractivity contribution in [2.45, 2.75) is 6.54 Å². The van der Waals surface area contributed by atoms with Crippen LogP contribution in [-0.4, -0.2) is 51.9 Å². The Balaban J connectivity index is 2.04. The summed E-state index contributed by atoms with van der Waals surface area (Å²) in [6.07, 6.45) is 0. The van der Waals surface area contributed by atoms with Gasteiger partial charge in [-0.1, -0.05) is 48.5 Å². The predicted molar refractivity (Wildman–Crippen MR) is 97.6 cm³/mol. The van der Waals surface area contributed by atoms with Gasteiger partial charge in [0.05, 0.1) is 13.2 Å². The van der Waals surface area contributed by atoms with E-state index in [9.17, 15) is 15.0 Å². The molecule has 0 saturated carbocycles. The molecule has 0 radical (unpaired) electrons. The number of fused-ring (bicyclic) bond motifs is 1. The molecule has 25 heavy (non-hydrogen) atoms. The van der Waals surface area contributed by atoms with E-state index in [1.807, 2.05) is 65.2 Å². The maximum absolute atomic E-state index is 13.0. The van der Waals surface area contributed by atoms with E-state index in [-0.39, 0.29) is 32.2 Å². The second-order valence-corrected chi connectivity index (χ2v) is 5.90. The van der Waals surface area contributed by atoms with Crippen LogP contribution in [0, 0.1) is 0 Å². The molecular weight excluding hydrogens is 316 g/mol. The molecule has 5 nitrogen and oxygen atoms in total. The highest BCUT2D eigenvalue weighted by atomic mass is 16.3. The van der Waals surface area contributed by atoms with Crippen LogP contribution in [0.5, 0.6) is 0 Å². The average Bonchev–Trinajstić information content (AvgIpc) is 3.00. The summed E-state index contributed by atoms with van der Waals surface area (Å²) in [6, 6.07) is 19.7. The summed E-state index contributed by atoms with van der Waals surface area (Å²) in [5, 5.41) is 19.4. The summed E-state index contributed by atoms with van der Waals surface area (Å²) in [5.74, 6) is -0.185. The summed E-state index contributed by atoms with van der Waals surface area (Å²) in [6.45, 7) is 0.718. The molecule has 1 aromatic heterocycles. The number of rotatable bonds is 7. The summed E-state index contributed by atoms with van der Waals surface area (Å²) in [4.78, 5) is 14.5. The normalized spacial score (nSPS) is 11.0. The lowest BCUT2D eigenvalue weighted by atomic mass is 10.2. The lowest BCUT2D eigenvalue weighted by molar-refractivity contribution is 0.0675. The van der Waals surface area contributed by atoms with Gasteiger partial charge in [0.15, 0.2) is 0 Å². The van der Waals surface area contributed by atoms with Crippen LogP contribution in [0.2, 0.25) is 0 Å². The standard InChI is InChI=1S/C20H22N2O3/c23-12-10-21(11-13-24)20(25)19-14-17-8-4-5-9-18(17)22(19)15-16-6-2-1-3-7-16/h1-9,14,23-24H,10-13,15H2. The van der Waals surface area contributed by atoms with Crippen molar-refractivity contribution in [1.29, 1.82) is 0 Å².